The maximum Gasteiger partial charge on any atom is 0.338 e. The third kappa shape index (κ3) is 4.83. The lowest BCUT2D eigenvalue weighted by Gasteiger charge is -2.09. The van der Waals surface area contributed by atoms with E-state index < -0.39 is 0 Å². The molecule has 0 spiro atoms. The van der Waals surface area contributed by atoms with Gasteiger partial charge in [0.15, 0.2) is 0 Å². The lowest BCUT2D eigenvalue weighted by Crippen LogP contribution is -2.12. The van der Waals surface area contributed by atoms with Crippen LogP contribution in [0.15, 0.2) is 53.5 Å². The van der Waals surface area contributed by atoms with E-state index in [2.05, 4.69) is 4.99 Å². The minimum absolute atomic E-state index is 0.151. The lowest BCUT2D eigenvalue weighted by molar-refractivity contribution is 0.0378. The van der Waals surface area contributed by atoms with Crippen molar-refractivity contribution in [3.63, 3.8) is 0 Å². The number of ether oxygens (including phenoxy) is 1. The highest BCUT2D eigenvalue weighted by molar-refractivity contribution is 6.28. The second kappa shape index (κ2) is 7.79. The summed E-state index contributed by atoms with van der Waals surface area (Å²) >= 11 is 5.65. The van der Waals surface area contributed by atoms with Crippen molar-refractivity contribution in [3.8, 4) is 11.1 Å². The molecule has 0 aliphatic rings. The van der Waals surface area contributed by atoms with Gasteiger partial charge in [0, 0.05) is 0 Å². The largest absolute Gasteiger partial charge is 0.459 e. The van der Waals surface area contributed by atoms with Gasteiger partial charge in [-0.05, 0) is 49.2 Å². The molecular weight excluding hydrogens is 312 g/mol. The normalized spacial score (nSPS) is 11.6. The number of nitrogens with two attached hydrogens (primary N) is 1. The van der Waals surface area contributed by atoms with Crippen molar-refractivity contribution < 1.29 is 9.53 Å². The van der Waals surface area contributed by atoms with Crippen molar-refractivity contribution >= 4 is 29.1 Å². The first-order chi connectivity index (χ1) is 11.0. The summed E-state index contributed by atoms with van der Waals surface area (Å²) in [4.78, 5) is 16.2. The van der Waals surface area contributed by atoms with Crippen molar-refractivity contribution in [1.82, 2.24) is 0 Å². The summed E-state index contributed by atoms with van der Waals surface area (Å²) in [5, 5.41) is 0. The van der Waals surface area contributed by atoms with E-state index in [1.54, 1.807) is 12.1 Å². The maximum atomic E-state index is 12.0. The van der Waals surface area contributed by atoms with E-state index in [-0.39, 0.29) is 18.0 Å². The molecule has 2 aromatic carbocycles. The Balaban J connectivity index is 2.32. The van der Waals surface area contributed by atoms with Gasteiger partial charge in [-0.25, -0.2) is 9.79 Å². The van der Waals surface area contributed by atoms with Crippen LogP contribution in [0.4, 0.5) is 5.69 Å². The van der Waals surface area contributed by atoms with Gasteiger partial charge in [0.25, 0.3) is 0 Å². The summed E-state index contributed by atoms with van der Waals surface area (Å²) in [6.07, 6.45) is -0.151. The topological polar surface area (TPSA) is 64.7 Å². The number of rotatable bonds is 5. The summed E-state index contributed by atoms with van der Waals surface area (Å²) < 4.78 is 5.23. The summed E-state index contributed by atoms with van der Waals surface area (Å²) in [5.41, 5.74) is 8.74. The van der Waals surface area contributed by atoms with Gasteiger partial charge in [-0.3, -0.25) is 0 Å². The smallest absolute Gasteiger partial charge is 0.338 e. The van der Waals surface area contributed by atoms with Gasteiger partial charge in [-0.2, -0.15) is 0 Å². The van der Waals surface area contributed by atoms with Crippen molar-refractivity contribution in [2.45, 2.75) is 20.0 Å². The van der Waals surface area contributed by atoms with Crippen LogP contribution in [0.5, 0.6) is 0 Å². The highest BCUT2D eigenvalue weighted by Crippen LogP contribution is 2.25. The number of nitrogens with zero attached hydrogens (tertiary/aromatic N) is 1. The standard InChI is InChI=1S/C18H19ClN2O2/c1-12(2)23-18(22)15-7-3-5-13(9-15)14-6-4-8-16(10-14)21-17(20)11-19/h3-10,12H,11H2,1-2H3,(H2,20,21). The molecule has 0 unspecified atom stereocenters. The molecule has 0 aliphatic carbocycles. The van der Waals surface area contributed by atoms with Crippen LogP contribution in [0.3, 0.4) is 0 Å². The van der Waals surface area contributed by atoms with Crippen LogP contribution < -0.4 is 5.73 Å². The summed E-state index contributed by atoms with van der Waals surface area (Å²) in [6, 6.07) is 14.9. The monoisotopic (exact) mass is 330 g/mol. The Bertz CT molecular complexity index is 726. The second-order valence-corrected chi connectivity index (χ2v) is 5.59. The van der Waals surface area contributed by atoms with E-state index in [4.69, 9.17) is 22.1 Å². The Hall–Kier alpha value is -2.33. The third-order valence-corrected chi connectivity index (χ3v) is 3.30. The van der Waals surface area contributed by atoms with Crippen LogP contribution in [0, 0.1) is 0 Å². The van der Waals surface area contributed by atoms with Crippen molar-refractivity contribution in [2.75, 3.05) is 5.88 Å². The number of esters is 1. The fourth-order valence-electron chi connectivity index (χ4n) is 2.06. The van der Waals surface area contributed by atoms with E-state index >= 15 is 0 Å². The number of aliphatic imine (C=N–C) groups is 1. The molecule has 23 heavy (non-hydrogen) atoms. The predicted molar refractivity (Wildman–Crippen MR) is 94.4 cm³/mol. The Morgan fingerprint density at radius 2 is 1.83 bits per heavy atom. The number of benzene rings is 2. The number of amidine groups is 1. The van der Waals surface area contributed by atoms with Crippen LogP contribution in [0.25, 0.3) is 11.1 Å². The van der Waals surface area contributed by atoms with Crippen molar-refractivity contribution in [3.05, 3.63) is 54.1 Å². The number of carbonyl (C=O) groups is 1. The predicted octanol–water partition coefficient (Wildman–Crippen LogP) is 4.15. The molecule has 0 atom stereocenters. The van der Waals surface area contributed by atoms with Gasteiger partial charge in [-0.1, -0.05) is 24.3 Å². The van der Waals surface area contributed by atoms with E-state index in [1.165, 1.54) is 0 Å². The van der Waals surface area contributed by atoms with Gasteiger partial charge < -0.3 is 10.5 Å². The molecule has 0 amide bonds. The van der Waals surface area contributed by atoms with Gasteiger partial charge in [0.05, 0.1) is 23.2 Å². The lowest BCUT2D eigenvalue weighted by atomic mass is 10.0. The molecule has 0 bridgehead atoms. The Labute approximate surface area is 140 Å². The minimum atomic E-state index is -0.331. The first-order valence-corrected chi connectivity index (χ1v) is 7.83. The van der Waals surface area contributed by atoms with E-state index in [0.717, 1.165) is 16.8 Å². The molecule has 2 aromatic rings. The SMILES string of the molecule is CC(C)OC(=O)c1cccc(-c2cccc(N=C(N)CCl)c2)c1. The van der Waals surface area contributed by atoms with Crippen LogP contribution in [-0.4, -0.2) is 23.8 Å². The zero-order valence-electron chi connectivity index (χ0n) is 13.1. The van der Waals surface area contributed by atoms with Crippen LogP contribution in [-0.2, 0) is 4.74 Å². The molecule has 0 heterocycles. The maximum absolute atomic E-state index is 12.0. The molecule has 5 heteroatoms. The van der Waals surface area contributed by atoms with Gasteiger partial charge >= 0.3 is 5.97 Å². The van der Waals surface area contributed by atoms with Gasteiger partial charge in [0.2, 0.25) is 0 Å². The fourth-order valence-corrected chi connectivity index (χ4v) is 2.12. The molecule has 0 aromatic heterocycles. The first kappa shape index (κ1) is 17.0. The van der Waals surface area contributed by atoms with Crippen molar-refractivity contribution in [2.24, 2.45) is 10.7 Å². The molecule has 0 saturated heterocycles. The zero-order chi connectivity index (χ0) is 16.8. The average molecular weight is 331 g/mol. The fraction of sp³-hybridized carbons (Fsp3) is 0.222. The molecule has 0 fully saturated rings. The first-order valence-electron chi connectivity index (χ1n) is 7.30. The number of hydrogen-bond acceptors (Lipinski definition) is 3. The molecule has 4 nitrogen and oxygen atoms in total. The van der Waals surface area contributed by atoms with Crippen molar-refractivity contribution in [1.29, 1.82) is 0 Å². The second-order valence-electron chi connectivity index (χ2n) is 5.32. The molecule has 2 rings (SSSR count). The summed E-state index contributed by atoms with van der Waals surface area (Å²) in [7, 11) is 0. The Morgan fingerprint density at radius 3 is 2.48 bits per heavy atom. The molecule has 120 valence electrons. The molecule has 0 saturated carbocycles. The van der Waals surface area contributed by atoms with Crippen LogP contribution in [0.2, 0.25) is 0 Å². The average Bonchev–Trinajstić information content (AvgIpc) is 2.54. The number of hydrogen-bond donors (Lipinski definition) is 1. The van der Waals surface area contributed by atoms with Crippen LogP contribution in [0.1, 0.15) is 24.2 Å². The Kier molecular flexibility index (Phi) is 5.77. The number of halogens is 1. The highest BCUT2D eigenvalue weighted by Gasteiger charge is 2.10. The zero-order valence-corrected chi connectivity index (χ0v) is 13.9. The van der Waals surface area contributed by atoms with E-state index in [9.17, 15) is 4.79 Å². The number of carbonyl (C=O) groups excluding carboxylic acids is 1. The molecule has 0 aliphatic heterocycles. The van der Waals surface area contributed by atoms with Gasteiger partial charge in [0.1, 0.15) is 5.84 Å². The minimum Gasteiger partial charge on any atom is -0.459 e. The number of alkyl halides is 1. The molecular formula is C18H19ClN2O2. The summed E-state index contributed by atoms with van der Waals surface area (Å²) in [6.45, 7) is 3.65. The quantitative estimate of drug-likeness (QED) is 0.387. The molecule has 0 radical (unpaired) electrons. The Morgan fingerprint density at radius 1 is 1.17 bits per heavy atom. The summed E-state index contributed by atoms with van der Waals surface area (Å²) in [5.74, 6) is 0.210. The third-order valence-electron chi connectivity index (χ3n) is 3.03. The highest BCUT2D eigenvalue weighted by atomic mass is 35.5. The van der Waals surface area contributed by atoms with E-state index in [1.807, 2.05) is 50.2 Å². The molecule has 2 N–H and O–H groups in total. The van der Waals surface area contributed by atoms with E-state index in [0.29, 0.717) is 11.4 Å². The van der Waals surface area contributed by atoms with Gasteiger partial charge in [-0.15, -0.1) is 11.6 Å². The van der Waals surface area contributed by atoms with Crippen LogP contribution >= 0.6 is 11.6 Å².